The number of hydrogen-bond donors (Lipinski definition) is 3. The van der Waals surface area contributed by atoms with Crippen LogP contribution in [0.3, 0.4) is 0 Å². The Bertz CT molecular complexity index is 1020. The molecule has 9 heteroatoms. The molecular weight excluding hydrogens is 440 g/mol. The van der Waals surface area contributed by atoms with Gasteiger partial charge in [0.15, 0.2) is 11.5 Å². The normalized spacial score (nSPS) is 26.1. The van der Waals surface area contributed by atoms with Crippen LogP contribution in [0.15, 0.2) is 24.3 Å². The topological polar surface area (TPSA) is 125 Å². The van der Waals surface area contributed by atoms with E-state index in [1.165, 1.54) is 0 Å². The summed E-state index contributed by atoms with van der Waals surface area (Å²) in [5.74, 6) is -1.69. The Morgan fingerprint density at radius 2 is 2.06 bits per heavy atom. The third-order valence-electron chi connectivity index (χ3n) is 6.96. The summed E-state index contributed by atoms with van der Waals surface area (Å²) in [5, 5.41) is 21.9. The summed E-state index contributed by atoms with van der Waals surface area (Å²) >= 11 is 0. The largest absolute Gasteiger partial charge is 0.485 e. The highest BCUT2D eigenvalue weighted by atomic mass is 16.6. The van der Waals surface area contributed by atoms with Crippen molar-refractivity contribution in [3.63, 3.8) is 0 Å². The number of esters is 1. The number of nitrogens with one attached hydrogen (secondary N) is 1. The highest BCUT2D eigenvalue weighted by Gasteiger charge is 2.52. The smallest absolute Gasteiger partial charge is 0.326 e. The quantitative estimate of drug-likeness (QED) is 0.311. The molecule has 3 aliphatic rings. The summed E-state index contributed by atoms with van der Waals surface area (Å²) in [7, 11) is 2.06. The summed E-state index contributed by atoms with van der Waals surface area (Å²) in [5.41, 5.74) is 1.74. The lowest BCUT2D eigenvalue weighted by molar-refractivity contribution is -0.143. The van der Waals surface area contributed by atoms with Crippen LogP contribution in [0.4, 0.5) is 0 Å². The van der Waals surface area contributed by atoms with Crippen LogP contribution in [0.2, 0.25) is 0 Å². The van der Waals surface area contributed by atoms with Crippen molar-refractivity contribution < 1.29 is 34.1 Å². The maximum Gasteiger partial charge on any atom is 0.326 e. The second-order valence-electron chi connectivity index (χ2n) is 9.83. The Balaban J connectivity index is 1.50. The highest BCUT2D eigenvalue weighted by Crippen LogP contribution is 2.55. The molecular formula is C25H32N2O7. The molecule has 2 aliphatic heterocycles. The summed E-state index contributed by atoms with van der Waals surface area (Å²) in [6, 6.07) is 2.65. The van der Waals surface area contributed by atoms with E-state index in [1.807, 2.05) is 18.2 Å². The van der Waals surface area contributed by atoms with Gasteiger partial charge in [-0.05, 0) is 37.6 Å². The van der Waals surface area contributed by atoms with Crippen molar-refractivity contribution in [3.05, 3.63) is 35.4 Å². The van der Waals surface area contributed by atoms with Crippen LogP contribution in [0.25, 0.3) is 0 Å². The highest BCUT2D eigenvalue weighted by molar-refractivity contribution is 5.86. The van der Waals surface area contributed by atoms with E-state index in [2.05, 4.69) is 17.3 Å². The van der Waals surface area contributed by atoms with Crippen molar-refractivity contribution in [3.8, 4) is 11.5 Å². The van der Waals surface area contributed by atoms with E-state index in [0.29, 0.717) is 17.9 Å². The monoisotopic (exact) mass is 472 g/mol. The number of carbonyl (C=O) groups is 3. The fraction of sp³-hybridized carbons (Fsp3) is 0.560. The minimum absolute atomic E-state index is 0.178. The van der Waals surface area contributed by atoms with Gasteiger partial charge in [-0.25, -0.2) is 4.79 Å². The molecule has 1 spiro atoms. The average molecular weight is 473 g/mol. The zero-order valence-electron chi connectivity index (χ0n) is 19.7. The first-order chi connectivity index (χ1) is 16.1. The van der Waals surface area contributed by atoms with Crippen LogP contribution in [0.5, 0.6) is 11.5 Å². The average Bonchev–Trinajstić information content (AvgIpc) is 3.03. The summed E-state index contributed by atoms with van der Waals surface area (Å²) < 4.78 is 11.9. The number of carboxylic acid groups (broad SMARTS) is 1. The van der Waals surface area contributed by atoms with Crippen molar-refractivity contribution >= 4 is 17.8 Å². The molecule has 184 valence electrons. The minimum Gasteiger partial charge on any atom is -0.485 e. The number of benzene rings is 1. The van der Waals surface area contributed by atoms with Gasteiger partial charge in [0.1, 0.15) is 12.1 Å². The Labute approximate surface area is 198 Å². The predicted molar refractivity (Wildman–Crippen MR) is 123 cm³/mol. The van der Waals surface area contributed by atoms with Gasteiger partial charge in [-0.15, -0.1) is 0 Å². The Kier molecular flexibility index (Phi) is 6.69. The minimum atomic E-state index is -1.11. The third-order valence-corrected chi connectivity index (χ3v) is 6.96. The van der Waals surface area contributed by atoms with Gasteiger partial charge in [-0.3, -0.25) is 9.59 Å². The van der Waals surface area contributed by atoms with Crippen LogP contribution in [0.1, 0.15) is 50.7 Å². The van der Waals surface area contributed by atoms with Crippen molar-refractivity contribution in [2.75, 3.05) is 13.6 Å². The summed E-state index contributed by atoms with van der Waals surface area (Å²) in [6.45, 7) is 5.01. The first kappa shape index (κ1) is 24.2. The van der Waals surface area contributed by atoms with Crippen LogP contribution in [-0.4, -0.2) is 64.8 Å². The van der Waals surface area contributed by atoms with Crippen molar-refractivity contribution in [2.45, 2.75) is 69.7 Å². The van der Waals surface area contributed by atoms with Crippen molar-refractivity contribution in [2.24, 2.45) is 5.92 Å². The van der Waals surface area contributed by atoms with Gasteiger partial charge in [0.25, 0.3) is 0 Å². The molecule has 34 heavy (non-hydrogen) atoms. The molecule has 0 saturated carbocycles. The number of ether oxygens (including phenoxy) is 2. The Morgan fingerprint density at radius 1 is 1.29 bits per heavy atom. The maximum absolute atomic E-state index is 12.6. The van der Waals surface area contributed by atoms with Gasteiger partial charge in [-0.1, -0.05) is 32.1 Å². The number of aliphatic hydroxyl groups is 1. The van der Waals surface area contributed by atoms with Gasteiger partial charge in [0.05, 0.1) is 17.9 Å². The molecule has 3 N–H and O–H groups in total. The molecule has 1 aliphatic carbocycles. The molecule has 0 radical (unpaired) electrons. The number of hydrogen-bond acceptors (Lipinski definition) is 7. The van der Waals surface area contributed by atoms with E-state index in [9.17, 15) is 24.6 Å². The molecule has 1 aromatic rings. The van der Waals surface area contributed by atoms with Gasteiger partial charge < -0.3 is 29.9 Å². The van der Waals surface area contributed by atoms with E-state index in [-0.39, 0.29) is 30.3 Å². The lowest BCUT2D eigenvalue weighted by atomic mass is 9.69. The van der Waals surface area contributed by atoms with E-state index >= 15 is 0 Å². The van der Waals surface area contributed by atoms with Crippen molar-refractivity contribution in [1.82, 2.24) is 10.2 Å². The summed E-state index contributed by atoms with van der Waals surface area (Å²) in [4.78, 5) is 38.3. The predicted octanol–water partition coefficient (Wildman–Crippen LogP) is 1.75. The molecule has 0 saturated heterocycles. The van der Waals surface area contributed by atoms with Gasteiger partial charge in [0, 0.05) is 24.9 Å². The Hall–Kier alpha value is -2.91. The Morgan fingerprint density at radius 3 is 2.76 bits per heavy atom. The van der Waals surface area contributed by atoms with Crippen molar-refractivity contribution in [1.29, 1.82) is 0 Å². The van der Waals surface area contributed by atoms with Gasteiger partial charge in [0.2, 0.25) is 5.91 Å². The number of rotatable bonds is 7. The molecule has 9 nitrogen and oxygen atoms in total. The molecule has 4 atom stereocenters. The first-order valence-corrected chi connectivity index (χ1v) is 11.7. The van der Waals surface area contributed by atoms with E-state index in [1.54, 1.807) is 19.9 Å². The summed E-state index contributed by atoms with van der Waals surface area (Å²) in [6.07, 6.45) is 3.96. The molecule has 0 fully saturated rings. The SMILES string of the molecule is CC(C)C(NC(=O)CCC(=O)Oc1ccc2c3c1OC1CC(O)C=CC31CCN(C)C2)C(=O)O. The molecule has 2 heterocycles. The fourth-order valence-corrected chi connectivity index (χ4v) is 5.15. The van der Waals surface area contributed by atoms with E-state index in [0.717, 1.165) is 30.6 Å². The standard InChI is InChI=1S/C25H32N2O7/c1-14(2)22(24(31)32)26-19(29)6-7-20(30)33-17-5-4-15-13-27(3)11-10-25-9-8-16(28)12-18(25)34-23(17)21(15)25/h4-5,8-9,14,16,18,22,28H,6-7,10-13H2,1-3H3,(H,26,29)(H,31,32). The van der Waals surface area contributed by atoms with Crippen LogP contribution in [0, 0.1) is 5.92 Å². The van der Waals surface area contributed by atoms with Gasteiger partial charge >= 0.3 is 11.9 Å². The number of carboxylic acids is 1. The number of nitrogens with zero attached hydrogens (tertiary/aromatic N) is 1. The second kappa shape index (κ2) is 9.38. The molecule has 1 aromatic carbocycles. The number of aliphatic carboxylic acids is 1. The van der Waals surface area contributed by atoms with Crippen LogP contribution in [-0.2, 0) is 26.3 Å². The number of aliphatic hydroxyl groups excluding tert-OH is 1. The number of carbonyl (C=O) groups excluding carboxylic acids is 2. The second-order valence-corrected chi connectivity index (χ2v) is 9.83. The van der Waals surface area contributed by atoms with E-state index in [4.69, 9.17) is 9.47 Å². The third kappa shape index (κ3) is 4.54. The zero-order valence-corrected chi connectivity index (χ0v) is 19.7. The lowest BCUT2D eigenvalue weighted by Gasteiger charge is -2.35. The van der Waals surface area contributed by atoms with E-state index < -0.39 is 30.0 Å². The molecule has 1 amide bonds. The molecule has 4 unspecified atom stereocenters. The van der Waals surface area contributed by atoms with Gasteiger partial charge in [-0.2, -0.15) is 0 Å². The lowest BCUT2D eigenvalue weighted by Crippen LogP contribution is -2.44. The fourth-order valence-electron chi connectivity index (χ4n) is 5.15. The molecule has 0 aromatic heterocycles. The zero-order chi connectivity index (χ0) is 24.6. The molecule has 0 bridgehead atoms. The van der Waals surface area contributed by atoms with Crippen LogP contribution >= 0.6 is 0 Å². The number of amides is 1. The maximum atomic E-state index is 12.6. The van der Waals surface area contributed by atoms with Crippen LogP contribution < -0.4 is 14.8 Å². The molecule has 4 rings (SSSR count). The first-order valence-electron chi connectivity index (χ1n) is 11.7.